The largest absolute Gasteiger partial charge is 0.310 e. The van der Waals surface area contributed by atoms with Crippen LogP contribution in [0.15, 0.2) is 255 Å². The van der Waals surface area contributed by atoms with Crippen molar-refractivity contribution in [3.05, 3.63) is 299 Å². The molecule has 1 aliphatic heterocycles. The van der Waals surface area contributed by atoms with Gasteiger partial charge in [-0.1, -0.05) is 212 Å². The lowest BCUT2D eigenvalue weighted by Gasteiger charge is -2.39. The van der Waals surface area contributed by atoms with E-state index >= 15 is 0 Å². The Balaban J connectivity index is 0.975. The lowest BCUT2D eigenvalue weighted by Crippen LogP contribution is -2.33. The van der Waals surface area contributed by atoms with Crippen molar-refractivity contribution in [1.82, 2.24) is 4.57 Å². The maximum atomic E-state index is 2.56. The van der Waals surface area contributed by atoms with E-state index in [1.165, 1.54) is 117 Å². The standard InChI is InChI=1S/C68H42N2/c1-2-18-43(19-3-1)44-36-38-45(39-37-44)69(64-35-17-32-60-65(64)52-24-8-13-30-58(52)67(60)54-26-9-4-20-47(54)48-21-5-10-27-55(48)67)46-40-41-62-53(42-46)51-25-16-33-61-66(51)70(62)63-34-15-14-31-59(63)68(61)56-28-11-6-22-49(56)50-23-7-12-29-57(50)68/h1-42H. The Hall–Kier alpha value is -8.98. The SMILES string of the molecule is c1ccc(-c2ccc(N(c3ccc4c(c3)c3cccc5c3n4-c3ccccc3C53c4ccccc4-c4ccccc43)c3cccc4c3-c3ccccc3C43c4ccccc4-c4ccccc43)cc2)cc1. The zero-order valence-corrected chi connectivity index (χ0v) is 38.1. The summed E-state index contributed by atoms with van der Waals surface area (Å²) in [7, 11) is 0. The Kier molecular flexibility index (Phi) is 7.51. The molecule has 70 heavy (non-hydrogen) atoms. The molecule has 4 aliphatic rings. The minimum Gasteiger partial charge on any atom is -0.310 e. The van der Waals surface area contributed by atoms with Gasteiger partial charge < -0.3 is 9.47 Å². The van der Waals surface area contributed by atoms with E-state index in [9.17, 15) is 0 Å². The molecule has 0 bridgehead atoms. The first-order chi connectivity index (χ1) is 34.8. The number of benzene rings is 11. The zero-order chi connectivity index (χ0) is 45.7. The van der Waals surface area contributed by atoms with Gasteiger partial charge in [-0.25, -0.2) is 0 Å². The van der Waals surface area contributed by atoms with E-state index in [0.717, 1.165) is 17.1 Å². The summed E-state index contributed by atoms with van der Waals surface area (Å²) in [5.41, 5.74) is 27.1. The average Bonchev–Trinajstić information content (AvgIpc) is 4.13. The van der Waals surface area contributed by atoms with E-state index in [2.05, 4.69) is 264 Å². The molecule has 324 valence electrons. The monoisotopic (exact) mass is 886 g/mol. The van der Waals surface area contributed by atoms with Crippen molar-refractivity contribution in [2.75, 3.05) is 4.90 Å². The second-order valence-electron chi connectivity index (χ2n) is 19.4. The first-order valence-corrected chi connectivity index (χ1v) is 24.5. The number of nitrogens with zero attached hydrogens (tertiary/aromatic N) is 2. The van der Waals surface area contributed by atoms with Crippen LogP contribution in [-0.4, -0.2) is 4.57 Å². The van der Waals surface area contributed by atoms with Crippen molar-refractivity contribution in [3.63, 3.8) is 0 Å². The summed E-state index contributed by atoms with van der Waals surface area (Å²) in [6.07, 6.45) is 0. The normalized spacial score (nSPS) is 14.2. The van der Waals surface area contributed by atoms with Gasteiger partial charge in [-0.3, -0.25) is 0 Å². The molecule has 0 N–H and O–H groups in total. The summed E-state index contributed by atoms with van der Waals surface area (Å²) < 4.78 is 2.56. The van der Waals surface area contributed by atoms with E-state index < -0.39 is 10.8 Å². The highest BCUT2D eigenvalue weighted by Gasteiger charge is 2.53. The van der Waals surface area contributed by atoms with Gasteiger partial charge in [0.15, 0.2) is 0 Å². The first kappa shape index (κ1) is 38.0. The van der Waals surface area contributed by atoms with Crippen LogP contribution in [0.25, 0.3) is 72.0 Å². The van der Waals surface area contributed by atoms with Crippen LogP contribution in [0.5, 0.6) is 0 Å². The number of anilines is 3. The first-order valence-electron chi connectivity index (χ1n) is 24.5. The molecule has 2 heterocycles. The lowest BCUT2D eigenvalue weighted by molar-refractivity contribution is 0.748. The Bertz CT molecular complexity index is 4100. The molecule has 2 spiro atoms. The summed E-state index contributed by atoms with van der Waals surface area (Å²) >= 11 is 0. The van der Waals surface area contributed by atoms with Crippen LogP contribution in [0, 0.1) is 0 Å². The van der Waals surface area contributed by atoms with E-state index in [1.807, 2.05) is 0 Å². The van der Waals surface area contributed by atoms with Crippen molar-refractivity contribution in [3.8, 4) is 50.2 Å². The Morgan fingerprint density at radius 2 is 0.757 bits per heavy atom. The number of aromatic nitrogens is 1. The van der Waals surface area contributed by atoms with Gasteiger partial charge in [-0.05, 0) is 126 Å². The van der Waals surface area contributed by atoms with Crippen LogP contribution in [0.4, 0.5) is 17.1 Å². The smallest absolute Gasteiger partial charge is 0.0754 e. The minimum absolute atomic E-state index is 0.457. The molecule has 2 heteroatoms. The van der Waals surface area contributed by atoms with Gasteiger partial charge in [-0.2, -0.15) is 0 Å². The fourth-order valence-corrected chi connectivity index (χ4v) is 13.9. The average molecular weight is 887 g/mol. The number of fused-ring (bicyclic) bond motifs is 22. The van der Waals surface area contributed by atoms with Crippen LogP contribution in [0.1, 0.15) is 44.5 Å². The lowest BCUT2D eigenvalue weighted by atomic mass is 9.65. The topological polar surface area (TPSA) is 8.17 Å². The number of rotatable bonds is 4. The fourth-order valence-electron chi connectivity index (χ4n) is 13.9. The predicted octanol–water partition coefficient (Wildman–Crippen LogP) is 16.9. The molecule has 0 saturated heterocycles. The van der Waals surface area contributed by atoms with E-state index in [-0.39, 0.29) is 0 Å². The van der Waals surface area contributed by atoms with Gasteiger partial charge in [0, 0.05) is 27.7 Å². The van der Waals surface area contributed by atoms with Crippen LogP contribution in [0.3, 0.4) is 0 Å². The van der Waals surface area contributed by atoms with Crippen LogP contribution in [0.2, 0.25) is 0 Å². The summed E-state index contributed by atoms with van der Waals surface area (Å²) in [6, 6.07) is 95.9. The predicted molar refractivity (Wildman–Crippen MR) is 288 cm³/mol. The molecular weight excluding hydrogens is 845 g/mol. The van der Waals surface area contributed by atoms with E-state index in [4.69, 9.17) is 0 Å². The molecule has 16 rings (SSSR count). The molecular formula is C68H42N2. The molecule has 0 radical (unpaired) electrons. The molecule has 0 fully saturated rings. The van der Waals surface area contributed by atoms with Crippen molar-refractivity contribution in [2.45, 2.75) is 10.8 Å². The molecule has 12 aromatic rings. The van der Waals surface area contributed by atoms with Crippen molar-refractivity contribution >= 4 is 38.9 Å². The number of hydrogen-bond donors (Lipinski definition) is 0. The van der Waals surface area contributed by atoms with E-state index in [0.29, 0.717) is 0 Å². The third kappa shape index (κ3) is 4.59. The van der Waals surface area contributed by atoms with Crippen molar-refractivity contribution in [1.29, 1.82) is 0 Å². The highest BCUT2D eigenvalue weighted by molar-refractivity contribution is 6.14. The van der Waals surface area contributed by atoms with Crippen molar-refractivity contribution in [2.24, 2.45) is 0 Å². The third-order valence-corrected chi connectivity index (χ3v) is 16.4. The molecule has 0 saturated carbocycles. The zero-order valence-electron chi connectivity index (χ0n) is 38.1. The molecule has 1 aromatic heterocycles. The van der Waals surface area contributed by atoms with Gasteiger partial charge in [0.2, 0.25) is 0 Å². The van der Waals surface area contributed by atoms with Crippen LogP contribution in [-0.2, 0) is 10.8 Å². The van der Waals surface area contributed by atoms with Gasteiger partial charge in [0.05, 0.1) is 33.2 Å². The summed E-state index contributed by atoms with van der Waals surface area (Å²) in [5.74, 6) is 0. The molecule has 2 nitrogen and oxygen atoms in total. The Morgan fingerprint density at radius 1 is 0.300 bits per heavy atom. The van der Waals surface area contributed by atoms with Crippen molar-refractivity contribution < 1.29 is 0 Å². The highest BCUT2D eigenvalue weighted by atomic mass is 15.1. The highest BCUT2D eigenvalue weighted by Crippen LogP contribution is 2.65. The minimum atomic E-state index is -0.464. The van der Waals surface area contributed by atoms with Gasteiger partial charge in [-0.15, -0.1) is 0 Å². The summed E-state index contributed by atoms with van der Waals surface area (Å²) in [5, 5.41) is 2.49. The summed E-state index contributed by atoms with van der Waals surface area (Å²) in [4.78, 5) is 2.53. The Labute approximate surface area is 406 Å². The molecule has 11 aromatic carbocycles. The fraction of sp³-hybridized carbons (Fsp3) is 0.0294. The summed E-state index contributed by atoms with van der Waals surface area (Å²) in [6.45, 7) is 0. The second kappa shape index (κ2) is 13.8. The quantitative estimate of drug-likeness (QED) is 0.171. The van der Waals surface area contributed by atoms with E-state index in [1.54, 1.807) is 0 Å². The second-order valence-corrected chi connectivity index (χ2v) is 19.4. The van der Waals surface area contributed by atoms with Crippen LogP contribution < -0.4 is 4.90 Å². The molecule has 0 atom stereocenters. The van der Waals surface area contributed by atoms with Gasteiger partial charge >= 0.3 is 0 Å². The third-order valence-electron chi connectivity index (χ3n) is 16.4. The number of para-hydroxylation sites is 2. The van der Waals surface area contributed by atoms with Gasteiger partial charge in [0.1, 0.15) is 0 Å². The van der Waals surface area contributed by atoms with Crippen LogP contribution >= 0.6 is 0 Å². The maximum absolute atomic E-state index is 2.56. The molecule has 0 unspecified atom stereocenters. The maximum Gasteiger partial charge on any atom is 0.0754 e. The number of hydrogen-bond acceptors (Lipinski definition) is 1. The molecule has 0 amide bonds. The Morgan fingerprint density at radius 3 is 1.39 bits per heavy atom. The van der Waals surface area contributed by atoms with Gasteiger partial charge in [0.25, 0.3) is 0 Å². The molecule has 3 aliphatic carbocycles.